The molecule has 3 N–H and O–H groups in total. The highest BCUT2D eigenvalue weighted by atomic mass is 16.1. The summed E-state index contributed by atoms with van der Waals surface area (Å²) in [5, 5.41) is 2.91. The van der Waals surface area contributed by atoms with E-state index in [1.807, 2.05) is 0 Å². The fourth-order valence-corrected chi connectivity index (χ4v) is 2.77. The Labute approximate surface area is 150 Å². The lowest BCUT2D eigenvalue weighted by Crippen LogP contribution is -2.25. The van der Waals surface area contributed by atoms with Crippen molar-refractivity contribution in [2.75, 3.05) is 13.1 Å². The number of carbonyl (C=O) groups is 1. The van der Waals surface area contributed by atoms with E-state index in [4.69, 9.17) is 5.73 Å². The molecule has 0 radical (unpaired) electrons. The maximum Gasteiger partial charge on any atom is 0.219 e. The van der Waals surface area contributed by atoms with Crippen LogP contribution < -0.4 is 11.1 Å². The van der Waals surface area contributed by atoms with Gasteiger partial charge in [-0.25, -0.2) is 0 Å². The second kappa shape index (κ2) is 20.2. The first kappa shape index (κ1) is 23.2. The molecule has 0 fully saturated rings. The van der Waals surface area contributed by atoms with E-state index in [1.165, 1.54) is 77.0 Å². The van der Waals surface area contributed by atoms with Gasteiger partial charge in [-0.2, -0.15) is 0 Å². The highest BCUT2D eigenvalue weighted by Gasteiger charge is 1.99. The smallest absolute Gasteiger partial charge is 0.219 e. The topological polar surface area (TPSA) is 55.1 Å². The molecule has 3 nitrogen and oxygen atoms in total. The fourth-order valence-electron chi connectivity index (χ4n) is 2.77. The van der Waals surface area contributed by atoms with E-state index >= 15 is 0 Å². The zero-order chi connectivity index (χ0) is 17.7. The van der Waals surface area contributed by atoms with Crippen molar-refractivity contribution >= 4 is 5.91 Å². The van der Waals surface area contributed by atoms with Crippen LogP contribution in [0.1, 0.15) is 103 Å². The largest absolute Gasteiger partial charge is 0.356 e. The molecule has 0 heterocycles. The average Bonchev–Trinajstić information content (AvgIpc) is 2.58. The molecule has 0 aliphatic heterocycles. The zero-order valence-corrected chi connectivity index (χ0v) is 16.2. The first-order valence-electron chi connectivity index (χ1n) is 10.4. The number of hydrogen-bond acceptors (Lipinski definition) is 2. The molecule has 24 heavy (non-hydrogen) atoms. The van der Waals surface area contributed by atoms with E-state index in [-0.39, 0.29) is 5.91 Å². The standard InChI is InChI=1S/C21H42N2O/c1-2-3-4-5-6-7-8-9-10-11-12-13-14-15-16-18-21(24)23-20-17-19-22/h9-10H,2-8,11-20,22H2,1H3,(H,23,24)/b10-9+. The second-order valence-corrected chi connectivity index (χ2v) is 6.83. The Morgan fingerprint density at radius 2 is 1.33 bits per heavy atom. The lowest BCUT2D eigenvalue weighted by molar-refractivity contribution is -0.121. The third kappa shape index (κ3) is 19.2. The van der Waals surface area contributed by atoms with Crippen LogP contribution in [0.25, 0.3) is 0 Å². The summed E-state index contributed by atoms with van der Waals surface area (Å²) in [5.41, 5.74) is 5.39. The van der Waals surface area contributed by atoms with Gasteiger partial charge in [0.15, 0.2) is 0 Å². The van der Waals surface area contributed by atoms with Crippen LogP contribution in [-0.4, -0.2) is 19.0 Å². The Kier molecular flexibility index (Phi) is 19.5. The van der Waals surface area contributed by atoms with Gasteiger partial charge in [0.05, 0.1) is 0 Å². The number of rotatable bonds is 18. The number of allylic oxidation sites excluding steroid dienone is 2. The van der Waals surface area contributed by atoms with Crippen molar-refractivity contribution in [2.24, 2.45) is 5.73 Å². The van der Waals surface area contributed by atoms with E-state index in [9.17, 15) is 4.79 Å². The van der Waals surface area contributed by atoms with Gasteiger partial charge in [0, 0.05) is 13.0 Å². The first-order valence-corrected chi connectivity index (χ1v) is 10.4. The molecule has 0 bridgehead atoms. The van der Waals surface area contributed by atoms with Gasteiger partial charge >= 0.3 is 0 Å². The third-order valence-corrected chi connectivity index (χ3v) is 4.37. The van der Waals surface area contributed by atoms with Crippen molar-refractivity contribution in [3.63, 3.8) is 0 Å². The summed E-state index contributed by atoms with van der Waals surface area (Å²) in [4.78, 5) is 11.5. The highest BCUT2D eigenvalue weighted by molar-refractivity contribution is 5.75. The van der Waals surface area contributed by atoms with E-state index in [2.05, 4.69) is 24.4 Å². The second-order valence-electron chi connectivity index (χ2n) is 6.83. The molecule has 0 aromatic carbocycles. The number of carbonyl (C=O) groups excluding carboxylic acids is 1. The molecular formula is C21H42N2O. The molecule has 0 saturated heterocycles. The number of hydrogen-bond donors (Lipinski definition) is 2. The van der Waals surface area contributed by atoms with Gasteiger partial charge in [0.2, 0.25) is 5.91 Å². The van der Waals surface area contributed by atoms with Crippen LogP contribution in [0.5, 0.6) is 0 Å². The van der Waals surface area contributed by atoms with Crippen molar-refractivity contribution in [3.8, 4) is 0 Å². The maximum atomic E-state index is 11.5. The summed E-state index contributed by atoms with van der Waals surface area (Å²) in [6.45, 7) is 3.64. The van der Waals surface area contributed by atoms with Gasteiger partial charge in [0.25, 0.3) is 0 Å². The SMILES string of the molecule is CCCCCCCC/C=C/CCCCCCCC(=O)NCCCN. The van der Waals surface area contributed by atoms with Crippen LogP contribution in [0.3, 0.4) is 0 Å². The molecule has 0 aliphatic carbocycles. The van der Waals surface area contributed by atoms with Crippen molar-refractivity contribution < 1.29 is 4.79 Å². The summed E-state index contributed by atoms with van der Waals surface area (Å²) in [5.74, 6) is 0.182. The number of nitrogens with one attached hydrogen (secondary N) is 1. The van der Waals surface area contributed by atoms with Crippen molar-refractivity contribution in [1.82, 2.24) is 5.32 Å². The minimum absolute atomic E-state index is 0.182. The monoisotopic (exact) mass is 338 g/mol. The van der Waals surface area contributed by atoms with Gasteiger partial charge in [-0.1, -0.05) is 70.4 Å². The third-order valence-electron chi connectivity index (χ3n) is 4.37. The van der Waals surface area contributed by atoms with Crippen molar-refractivity contribution in [3.05, 3.63) is 12.2 Å². The van der Waals surface area contributed by atoms with E-state index < -0.39 is 0 Å². The Balaban J connectivity index is 3.16. The minimum atomic E-state index is 0.182. The van der Waals surface area contributed by atoms with Crippen LogP contribution >= 0.6 is 0 Å². The van der Waals surface area contributed by atoms with E-state index in [1.54, 1.807) is 0 Å². The lowest BCUT2D eigenvalue weighted by Gasteiger charge is -2.04. The molecule has 0 saturated carbocycles. The van der Waals surface area contributed by atoms with Crippen LogP contribution in [0.15, 0.2) is 12.2 Å². The Bertz CT molecular complexity index is 290. The number of unbranched alkanes of at least 4 members (excludes halogenated alkanes) is 11. The zero-order valence-electron chi connectivity index (χ0n) is 16.2. The summed E-state index contributed by atoms with van der Waals surface area (Å²) in [7, 11) is 0. The van der Waals surface area contributed by atoms with Gasteiger partial charge < -0.3 is 11.1 Å². The van der Waals surface area contributed by atoms with Crippen LogP contribution in [0, 0.1) is 0 Å². The predicted octanol–water partition coefficient (Wildman–Crippen LogP) is 5.49. The van der Waals surface area contributed by atoms with Crippen molar-refractivity contribution in [1.29, 1.82) is 0 Å². The van der Waals surface area contributed by atoms with Crippen LogP contribution in [0.4, 0.5) is 0 Å². The molecule has 0 aliphatic rings. The maximum absolute atomic E-state index is 11.5. The molecule has 3 heteroatoms. The average molecular weight is 339 g/mol. The molecule has 0 spiro atoms. The summed E-state index contributed by atoms with van der Waals surface area (Å²) < 4.78 is 0. The fraction of sp³-hybridized carbons (Fsp3) is 0.857. The molecule has 0 rings (SSSR count). The van der Waals surface area contributed by atoms with Gasteiger partial charge in [-0.05, 0) is 45.1 Å². The van der Waals surface area contributed by atoms with Gasteiger partial charge in [0.1, 0.15) is 0 Å². The molecule has 0 unspecified atom stereocenters. The molecule has 0 atom stereocenters. The number of nitrogens with two attached hydrogens (primary N) is 1. The predicted molar refractivity (Wildman–Crippen MR) is 106 cm³/mol. The van der Waals surface area contributed by atoms with Crippen LogP contribution in [-0.2, 0) is 4.79 Å². The minimum Gasteiger partial charge on any atom is -0.356 e. The lowest BCUT2D eigenvalue weighted by atomic mass is 10.1. The molecule has 0 aromatic heterocycles. The van der Waals surface area contributed by atoms with Crippen LogP contribution in [0.2, 0.25) is 0 Å². The van der Waals surface area contributed by atoms with Gasteiger partial charge in [-0.3, -0.25) is 4.79 Å². The Hall–Kier alpha value is -0.830. The normalized spacial score (nSPS) is 11.2. The van der Waals surface area contributed by atoms with Crippen molar-refractivity contribution in [2.45, 2.75) is 103 Å². The Morgan fingerprint density at radius 1 is 0.792 bits per heavy atom. The number of amides is 1. The molecule has 0 aromatic rings. The van der Waals surface area contributed by atoms with E-state index in [0.717, 1.165) is 19.4 Å². The van der Waals surface area contributed by atoms with E-state index in [0.29, 0.717) is 13.0 Å². The summed E-state index contributed by atoms with van der Waals surface area (Å²) in [6.07, 6.45) is 23.1. The molecular weight excluding hydrogens is 296 g/mol. The highest BCUT2D eigenvalue weighted by Crippen LogP contribution is 2.09. The van der Waals surface area contributed by atoms with Gasteiger partial charge in [-0.15, -0.1) is 0 Å². The Morgan fingerprint density at radius 3 is 1.92 bits per heavy atom. The molecule has 1 amide bonds. The summed E-state index contributed by atoms with van der Waals surface area (Å²) in [6, 6.07) is 0. The molecule has 142 valence electrons. The first-order chi connectivity index (χ1) is 11.8. The quantitative estimate of drug-likeness (QED) is 0.256. The summed E-state index contributed by atoms with van der Waals surface area (Å²) >= 11 is 0.